The van der Waals surface area contributed by atoms with Crippen LogP contribution >= 0.6 is 0 Å². The average Bonchev–Trinajstić information content (AvgIpc) is 3.14. The molecule has 1 fully saturated rings. The zero-order chi connectivity index (χ0) is 27.4. The Bertz CT molecular complexity index is 1150. The zero-order valence-electron chi connectivity index (χ0n) is 20.1. The second-order valence-electron chi connectivity index (χ2n) is 7.54. The van der Waals surface area contributed by atoms with Crippen LogP contribution in [0.3, 0.4) is 0 Å². The predicted octanol–water partition coefficient (Wildman–Crippen LogP) is -0.763. The lowest BCUT2D eigenvalue weighted by atomic mass is 9.92. The normalized spacial score (nSPS) is 22.2. The van der Waals surface area contributed by atoms with E-state index in [2.05, 4.69) is 30.3 Å². The van der Waals surface area contributed by atoms with Crippen molar-refractivity contribution in [2.75, 3.05) is 40.0 Å². The second kappa shape index (κ2) is 13.7. The number of nitrogens with one attached hydrogen (secondary N) is 3. The van der Waals surface area contributed by atoms with Crippen LogP contribution in [0.25, 0.3) is 9.69 Å². The number of hydrogen-bond donors (Lipinski definition) is 4. The summed E-state index contributed by atoms with van der Waals surface area (Å²) in [6, 6.07) is 1.11. The fraction of sp³-hybridized carbons (Fsp3) is 0.571. The largest absolute Gasteiger partial charge is 0.441 e. The third-order valence-electron chi connectivity index (χ3n) is 5.30. The van der Waals surface area contributed by atoms with E-state index in [-0.39, 0.29) is 39.3 Å². The number of amides is 2. The maximum Gasteiger partial charge on any atom is 0.414 e. The third-order valence-corrected chi connectivity index (χ3v) is 5.30. The number of ether oxygens (including phenoxy) is 4. The molecule has 2 rings (SSSR count). The number of aliphatic imine (C=N–C) groups is 1. The molecule has 1 aromatic heterocycles. The van der Waals surface area contributed by atoms with Gasteiger partial charge in [-0.15, -0.1) is 0 Å². The zero-order valence-corrected chi connectivity index (χ0v) is 20.1. The molecule has 1 unspecified atom stereocenters. The highest BCUT2D eigenvalue weighted by Crippen LogP contribution is 2.40. The van der Waals surface area contributed by atoms with Crippen molar-refractivity contribution in [3.8, 4) is 0 Å². The standard InChI is InChI=1S/C21H27N7O9/c1-5-21(15(30)14(34-4)16(37-21)28-9-6-13(29)25-18(28)31)12-24-17(26-19(32)35-10-7-22-2)27-20(33)36-11-8-23-3/h6,9,14-16,30H,5,7-8,10-12H2,1,4H3,(H,25,29,31)(H2,24,26,27,32,33)/t14-,15?,16+,21-/m0/s1. The second-order valence-corrected chi connectivity index (χ2v) is 7.54. The smallest absolute Gasteiger partial charge is 0.414 e. The summed E-state index contributed by atoms with van der Waals surface area (Å²) in [6.07, 6.45) is -4.19. The van der Waals surface area contributed by atoms with Crippen molar-refractivity contribution in [2.45, 2.75) is 37.4 Å². The summed E-state index contributed by atoms with van der Waals surface area (Å²) in [6.45, 7) is 14.2. The number of aliphatic hydroxyl groups is 1. The van der Waals surface area contributed by atoms with Gasteiger partial charge in [-0.1, -0.05) is 6.92 Å². The Hall–Kier alpha value is -4.25. The Labute approximate surface area is 210 Å². The molecule has 37 heavy (non-hydrogen) atoms. The van der Waals surface area contributed by atoms with E-state index in [1.54, 1.807) is 6.92 Å². The molecule has 0 saturated carbocycles. The van der Waals surface area contributed by atoms with Crippen molar-refractivity contribution < 1.29 is 33.6 Å². The van der Waals surface area contributed by atoms with E-state index in [0.29, 0.717) is 0 Å². The van der Waals surface area contributed by atoms with Crippen molar-refractivity contribution in [1.29, 1.82) is 0 Å². The number of aliphatic hydroxyl groups excluding tert-OH is 1. The number of guanidine groups is 1. The summed E-state index contributed by atoms with van der Waals surface area (Å²) in [7, 11) is 1.31. The minimum atomic E-state index is -1.45. The maximum absolute atomic E-state index is 12.3. The summed E-state index contributed by atoms with van der Waals surface area (Å²) >= 11 is 0. The number of aromatic nitrogens is 2. The van der Waals surface area contributed by atoms with Crippen molar-refractivity contribution in [3.63, 3.8) is 0 Å². The lowest BCUT2D eigenvalue weighted by molar-refractivity contribution is -0.102. The Balaban J connectivity index is 2.30. The van der Waals surface area contributed by atoms with Crippen LogP contribution in [0, 0.1) is 13.1 Å². The number of nitrogens with zero attached hydrogens (tertiary/aromatic N) is 4. The summed E-state index contributed by atoms with van der Waals surface area (Å²) in [4.78, 5) is 60.3. The van der Waals surface area contributed by atoms with Gasteiger partial charge in [-0.25, -0.2) is 32.5 Å². The molecule has 0 bridgehead atoms. The van der Waals surface area contributed by atoms with Crippen molar-refractivity contribution in [2.24, 2.45) is 4.99 Å². The Morgan fingerprint density at radius 2 is 1.81 bits per heavy atom. The van der Waals surface area contributed by atoms with Gasteiger partial charge in [-0.2, -0.15) is 0 Å². The van der Waals surface area contributed by atoms with Gasteiger partial charge in [-0.3, -0.25) is 25.0 Å². The van der Waals surface area contributed by atoms with Crippen molar-refractivity contribution in [3.05, 3.63) is 55.9 Å². The fourth-order valence-corrected chi connectivity index (χ4v) is 3.41. The van der Waals surface area contributed by atoms with Gasteiger partial charge < -0.3 is 33.7 Å². The first-order valence-corrected chi connectivity index (χ1v) is 11.0. The predicted molar refractivity (Wildman–Crippen MR) is 125 cm³/mol. The quantitative estimate of drug-likeness (QED) is 0.140. The molecule has 1 aromatic rings. The van der Waals surface area contributed by atoms with Crippen molar-refractivity contribution in [1.82, 2.24) is 20.2 Å². The molecule has 200 valence electrons. The molecule has 1 saturated heterocycles. The average molecular weight is 521 g/mol. The molecule has 2 amide bonds. The first-order chi connectivity index (χ1) is 17.7. The number of alkyl carbamates (subject to hydrolysis) is 2. The van der Waals surface area contributed by atoms with Gasteiger partial charge in [0.25, 0.3) is 5.56 Å². The fourth-order valence-electron chi connectivity index (χ4n) is 3.41. The number of carbonyl (C=O) groups excluding carboxylic acids is 2. The SMILES string of the molecule is [C-]#[N+]CCOC(=O)NC(=NC[C@]1(CC)O[C@@H](n2ccc(=O)[nH]c2=O)[C@@H](OC)C1O)NC(=O)OCC[N+]#[C-]. The van der Waals surface area contributed by atoms with E-state index in [0.717, 1.165) is 10.6 Å². The summed E-state index contributed by atoms with van der Waals surface area (Å²) in [5, 5.41) is 15.5. The number of hydrogen-bond acceptors (Lipinski definition) is 10. The summed E-state index contributed by atoms with van der Waals surface area (Å²) in [5.41, 5.74) is -2.85. The summed E-state index contributed by atoms with van der Waals surface area (Å²) in [5.74, 6) is -0.414. The molecule has 0 spiro atoms. The number of methoxy groups -OCH3 is 1. The van der Waals surface area contributed by atoms with Gasteiger partial charge >= 0.3 is 17.9 Å². The lowest BCUT2D eigenvalue weighted by Gasteiger charge is -2.29. The number of aromatic amines is 1. The molecule has 16 heteroatoms. The Kier molecular flexibility index (Phi) is 10.8. The van der Waals surface area contributed by atoms with Gasteiger partial charge in [0.05, 0.1) is 6.54 Å². The highest BCUT2D eigenvalue weighted by molar-refractivity contribution is 6.01. The van der Waals surface area contributed by atoms with E-state index in [1.807, 2.05) is 0 Å². The Morgan fingerprint density at radius 3 is 2.30 bits per heavy atom. The van der Waals surface area contributed by atoms with Gasteiger partial charge in [0.2, 0.25) is 19.0 Å². The Morgan fingerprint density at radius 1 is 1.22 bits per heavy atom. The van der Waals surface area contributed by atoms with E-state index in [9.17, 15) is 24.3 Å². The van der Waals surface area contributed by atoms with Crippen LogP contribution in [0.5, 0.6) is 0 Å². The molecular formula is C21H27N7O9. The van der Waals surface area contributed by atoms with Gasteiger partial charge in [-0.05, 0) is 6.42 Å². The lowest BCUT2D eigenvalue weighted by Crippen LogP contribution is -2.49. The van der Waals surface area contributed by atoms with Crippen LogP contribution in [0.4, 0.5) is 9.59 Å². The van der Waals surface area contributed by atoms with Gasteiger partial charge in [0.1, 0.15) is 17.8 Å². The van der Waals surface area contributed by atoms with Crippen LogP contribution in [0.15, 0.2) is 26.8 Å². The van der Waals surface area contributed by atoms with Crippen LogP contribution in [0.2, 0.25) is 0 Å². The maximum atomic E-state index is 12.3. The molecule has 16 nitrogen and oxygen atoms in total. The minimum absolute atomic E-state index is 0.0745. The van der Waals surface area contributed by atoms with Crippen LogP contribution < -0.4 is 21.9 Å². The van der Waals surface area contributed by atoms with E-state index < -0.39 is 53.4 Å². The van der Waals surface area contributed by atoms with Gasteiger partial charge in [0.15, 0.2) is 19.4 Å². The molecule has 2 heterocycles. The number of H-pyrrole nitrogens is 1. The topological polar surface area (TPSA) is 191 Å². The minimum Gasteiger partial charge on any atom is -0.441 e. The van der Waals surface area contributed by atoms with E-state index in [1.165, 1.54) is 13.3 Å². The highest BCUT2D eigenvalue weighted by Gasteiger charge is 2.55. The molecule has 1 aliphatic rings. The van der Waals surface area contributed by atoms with Crippen LogP contribution in [-0.4, -0.2) is 90.6 Å². The monoisotopic (exact) mass is 521 g/mol. The molecule has 0 radical (unpaired) electrons. The molecule has 0 aliphatic carbocycles. The van der Waals surface area contributed by atoms with E-state index in [4.69, 9.17) is 32.1 Å². The molecular weight excluding hydrogens is 494 g/mol. The van der Waals surface area contributed by atoms with Crippen LogP contribution in [0.1, 0.15) is 19.6 Å². The summed E-state index contributed by atoms with van der Waals surface area (Å²) < 4.78 is 22.1. The molecule has 1 aliphatic heterocycles. The first-order valence-electron chi connectivity index (χ1n) is 11.0. The molecule has 4 N–H and O–H groups in total. The number of carbonyl (C=O) groups is 2. The van der Waals surface area contributed by atoms with Gasteiger partial charge in [0, 0.05) is 19.4 Å². The van der Waals surface area contributed by atoms with Crippen molar-refractivity contribution >= 4 is 18.1 Å². The molecule has 4 atom stereocenters. The highest BCUT2D eigenvalue weighted by atomic mass is 16.6. The van der Waals surface area contributed by atoms with Crippen LogP contribution in [-0.2, 0) is 18.9 Å². The number of rotatable bonds is 9. The first kappa shape index (κ1) is 29.0. The van der Waals surface area contributed by atoms with E-state index >= 15 is 0 Å². The third kappa shape index (κ3) is 7.61. The molecule has 0 aromatic carbocycles.